The number of anilines is 1. The molecule has 0 radical (unpaired) electrons. The van der Waals surface area contributed by atoms with E-state index < -0.39 is 0 Å². The summed E-state index contributed by atoms with van der Waals surface area (Å²) in [7, 11) is 3.44. The molecule has 2 saturated heterocycles. The summed E-state index contributed by atoms with van der Waals surface area (Å²) in [6, 6.07) is 3.91. The van der Waals surface area contributed by atoms with Crippen LogP contribution in [0.15, 0.2) is 12.1 Å². The van der Waals surface area contributed by atoms with Crippen molar-refractivity contribution in [3.63, 3.8) is 0 Å². The molecule has 7 heteroatoms. The highest BCUT2D eigenvalue weighted by molar-refractivity contribution is 5.90. The molecule has 1 atom stereocenters. The number of carbonyl (C=O) groups is 2. The lowest BCUT2D eigenvalue weighted by Crippen LogP contribution is -2.49. The van der Waals surface area contributed by atoms with Gasteiger partial charge in [0, 0.05) is 33.7 Å². The maximum absolute atomic E-state index is 13.0. The minimum atomic E-state index is -0.378. The molecular weight excluding hydrogens is 306 g/mol. The van der Waals surface area contributed by atoms with Gasteiger partial charge in [-0.2, -0.15) is 5.10 Å². The predicted molar refractivity (Wildman–Crippen MR) is 90.5 cm³/mol. The zero-order valence-corrected chi connectivity index (χ0v) is 14.7. The Bertz CT molecular complexity index is 630. The SMILES string of the molecule is Cc1ccc(N2CCCC3(CCN(CC(=O)N(C)C)C3=O)C2)nn1. The first-order valence-corrected chi connectivity index (χ1v) is 8.46. The fraction of sp³-hybridized carbons (Fsp3) is 0.647. The molecule has 2 aliphatic heterocycles. The second kappa shape index (κ2) is 6.37. The summed E-state index contributed by atoms with van der Waals surface area (Å²) in [5.41, 5.74) is 0.507. The van der Waals surface area contributed by atoms with Crippen LogP contribution >= 0.6 is 0 Å². The minimum absolute atomic E-state index is 0.0301. The van der Waals surface area contributed by atoms with Crippen LogP contribution in [0.1, 0.15) is 25.0 Å². The fourth-order valence-electron chi connectivity index (χ4n) is 3.61. The van der Waals surface area contributed by atoms with E-state index in [2.05, 4.69) is 15.1 Å². The number of aromatic nitrogens is 2. The molecule has 7 nitrogen and oxygen atoms in total. The van der Waals surface area contributed by atoms with Gasteiger partial charge in [0.05, 0.1) is 17.7 Å². The second-order valence-corrected chi connectivity index (χ2v) is 7.10. The lowest BCUT2D eigenvalue weighted by atomic mass is 9.78. The Morgan fingerprint density at radius 1 is 1.25 bits per heavy atom. The normalized spacial score (nSPS) is 23.9. The number of aryl methyl sites for hydroxylation is 1. The van der Waals surface area contributed by atoms with Gasteiger partial charge in [0.1, 0.15) is 0 Å². The topological polar surface area (TPSA) is 69.6 Å². The second-order valence-electron chi connectivity index (χ2n) is 7.10. The van der Waals surface area contributed by atoms with Crippen LogP contribution in [0.25, 0.3) is 0 Å². The molecular formula is C17H25N5O2. The molecule has 24 heavy (non-hydrogen) atoms. The summed E-state index contributed by atoms with van der Waals surface area (Å²) in [5, 5.41) is 8.39. The molecule has 2 fully saturated rings. The Kier molecular flexibility index (Phi) is 4.43. The van der Waals surface area contributed by atoms with E-state index in [4.69, 9.17) is 0 Å². The van der Waals surface area contributed by atoms with Crippen LogP contribution in [-0.2, 0) is 9.59 Å². The van der Waals surface area contributed by atoms with Crippen molar-refractivity contribution in [3.8, 4) is 0 Å². The third-order valence-corrected chi connectivity index (χ3v) is 5.11. The van der Waals surface area contributed by atoms with E-state index in [1.54, 1.807) is 19.0 Å². The van der Waals surface area contributed by atoms with E-state index in [1.807, 2.05) is 19.1 Å². The molecule has 1 aromatic rings. The smallest absolute Gasteiger partial charge is 0.241 e. The Morgan fingerprint density at radius 3 is 2.71 bits per heavy atom. The van der Waals surface area contributed by atoms with E-state index in [0.29, 0.717) is 13.1 Å². The summed E-state index contributed by atoms with van der Waals surface area (Å²) in [4.78, 5) is 30.3. The van der Waals surface area contributed by atoms with Gasteiger partial charge in [-0.3, -0.25) is 9.59 Å². The first-order chi connectivity index (χ1) is 11.4. The average Bonchev–Trinajstić information content (AvgIpc) is 2.85. The van der Waals surface area contributed by atoms with Crippen LogP contribution in [0, 0.1) is 12.3 Å². The summed E-state index contributed by atoms with van der Waals surface area (Å²) in [6.45, 7) is 4.30. The zero-order valence-electron chi connectivity index (χ0n) is 14.7. The molecule has 0 aliphatic carbocycles. The van der Waals surface area contributed by atoms with E-state index in [-0.39, 0.29) is 23.8 Å². The highest BCUT2D eigenvalue weighted by atomic mass is 16.2. The lowest BCUT2D eigenvalue weighted by Gasteiger charge is -2.39. The van der Waals surface area contributed by atoms with Gasteiger partial charge in [-0.05, 0) is 38.3 Å². The largest absolute Gasteiger partial charge is 0.354 e. The third kappa shape index (κ3) is 3.07. The van der Waals surface area contributed by atoms with Crippen LogP contribution in [-0.4, -0.2) is 72.1 Å². The van der Waals surface area contributed by atoms with E-state index in [9.17, 15) is 9.59 Å². The van der Waals surface area contributed by atoms with Gasteiger partial charge in [0.2, 0.25) is 11.8 Å². The monoisotopic (exact) mass is 331 g/mol. The van der Waals surface area contributed by atoms with Gasteiger partial charge in [-0.1, -0.05) is 0 Å². The van der Waals surface area contributed by atoms with Crippen LogP contribution in [0.5, 0.6) is 0 Å². The number of nitrogens with zero attached hydrogens (tertiary/aromatic N) is 5. The summed E-state index contributed by atoms with van der Waals surface area (Å²) in [6.07, 6.45) is 2.65. The summed E-state index contributed by atoms with van der Waals surface area (Å²) in [5.74, 6) is 0.912. The highest BCUT2D eigenvalue weighted by Gasteiger charge is 2.49. The molecule has 2 amide bonds. The lowest BCUT2D eigenvalue weighted by molar-refractivity contribution is -0.141. The summed E-state index contributed by atoms with van der Waals surface area (Å²) >= 11 is 0. The quantitative estimate of drug-likeness (QED) is 0.815. The molecule has 3 heterocycles. The van der Waals surface area contributed by atoms with E-state index >= 15 is 0 Å². The van der Waals surface area contributed by atoms with Gasteiger partial charge >= 0.3 is 0 Å². The molecule has 1 unspecified atom stereocenters. The average molecular weight is 331 g/mol. The standard InChI is InChI=1S/C17H25N5O2/c1-13-5-6-14(19-18-13)22-9-4-7-17(12-22)8-10-21(16(17)24)11-15(23)20(2)3/h5-6H,4,7-12H2,1-3H3. The third-order valence-electron chi connectivity index (χ3n) is 5.11. The number of carbonyl (C=O) groups excluding carboxylic acids is 2. The number of likely N-dealkylation sites (tertiary alicyclic amines) is 1. The van der Waals surface area contributed by atoms with Crippen molar-refractivity contribution in [1.29, 1.82) is 0 Å². The molecule has 1 spiro atoms. The first-order valence-electron chi connectivity index (χ1n) is 8.46. The number of rotatable bonds is 3. The Balaban J connectivity index is 1.72. The Morgan fingerprint density at radius 2 is 2.04 bits per heavy atom. The molecule has 0 N–H and O–H groups in total. The molecule has 1 aromatic heterocycles. The number of hydrogen-bond donors (Lipinski definition) is 0. The van der Waals surface area contributed by atoms with Crippen molar-refractivity contribution in [3.05, 3.63) is 17.8 Å². The van der Waals surface area contributed by atoms with Crippen molar-refractivity contribution in [2.75, 3.05) is 45.2 Å². The molecule has 0 aromatic carbocycles. The number of piperidine rings is 1. The Hall–Kier alpha value is -2.18. The minimum Gasteiger partial charge on any atom is -0.354 e. The number of hydrogen-bond acceptors (Lipinski definition) is 5. The molecule has 130 valence electrons. The van der Waals surface area contributed by atoms with Crippen LogP contribution in [0.2, 0.25) is 0 Å². The summed E-state index contributed by atoms with van der Waals surface area (Å²) < 4.78 is 0. The van der Waals surface area contributed by atoms with Gasteiger partial charge in [-0.15, -0.1) is 5.10 Å². The van der Waals surface area contributed by atoms with E-state index in [1.165, 1.54) is 4.90 Å². The maximum atomic E-state index is 13.0. The van der Waals surface area contributed by atoms with Gasteiger partial charge < -0.3 is 14.7 Å². The number of likely N-dealkylation sites (N-methyl/N-ethyl adjacent to an activating group) is 1. The van der Waals surface area contributed by atoms with Gasteiger partial charge in [0.25, 0.3) is 0 Å². The molecule has 0 bridgehead atoms. The highest BCUT2D eigenvalue weighted by Crippen LogP contribution is 2.40. The molecule has 0 saturated carbocycles. The van der Waals surface area contributed by atoms with Gasteiger partial charge in [-0.25, -0.2) is 0 Å². The Labute approximate surface area is 142 Å². The van der Waals surface area contributed by atoms with Crippen molar-refractivity contribution in [2.24, 2.45) is 5.41 Å². The van der Waals surface area contributed by atoms with Crippen LogP contribution in [0.4, 0.5) is 5.82 Å². The molecule has 3 rings (SSSR count). The predicted octanol–water partition coefficient (Wildman–Crippen LogP) is 0.692. The van der Waals surface area contributed by atoms with Crippen molar-refractivity contribution in [2.45, 2.75) is 26.2 Å². The maximum Gasteiger partial charge on any atom is 0.241 e. The fourth-order valence-corrected chi connectivity index (χ4v) is 3.61. The van der Waals surface area contributed by atoms with Crippen LogP contribution in [0.3, 0.4) is 0 Å². The van der Waals surface area contributed by atoms with Crippen molar-refractivity contribution in [1.82, 2.24) is 20.0 Å². The van der Waals surface area contributed by atoms with Gasteiger partial charge in [0.15, 0.2) is 5.82 Å². The van der Waals surface area contributed by atoms with Crippen LogP contribution < -0.4 is 4.90 Å². The van der Waals surface area contributed by atoms with E-state index in [0.717, 1.165) is 37.3 Å². The first kappa shape index (κ1) is 16.7. The molecule has 2 aliphatic rings. The van der Waals surface area contributed by atoms with Crippen molar-refractivity contribution >= 4 is 17.6 Å². The zero-order chi connectivity index (χ0) is 17.3. The van der Waals surface area contributed by atoms with Crippen molar-refractivity contribution < 1.29 is 9.59 Å². The number of amides is 2.